The number of unbranched alkanes of at least 4 members (excludes halogenated alkanes) is 3. The highest BCUT2D eigenvalue weighted by Crippen LogP contribution is 2.39. The molecule has 0 aliphatic carbocycles. The van der Waals surface area contributed by atoms with Crippen LogP contribution in [0.3, 0.4) is 0 Å². The number of benzene rings is 3. The fraction of sp³-hybridized carbons (Fsp3) is 0.429. The maximum Gasteiger partial charge on any atom is 0.303 e. The van der Waals surface area contributed by atoms with Gasteiger partial charge in [-0.3, -0.25) is 9.59 Å². The van der Waals surface area contributed by atoms with Crippen molar-refractivity contribution in [2.45, 2.75) is 76.6 Å². The smallest absolute Gasteiger partial charge is 0.303 e. The average Bonchev–Trinajstić information content (AvgIpc) is 3.05. The molecule has 236 valence electrons. The Morgan fingerprint density at radius 2 is 1.55 bits per heavy atom. The van der Waals surface area contributed by atoms with Gasteiger partial charge in [-0.2, -0.15) is 11.8 Å². The van der Waals surface area contributed by atoms with Crippen LogP contribution in [0.25, 0.3) is 11.1 Å². The highest BCUT2D eigenvalue weighted by Gasteiger charge is 2.32. The Labute approximate surface area is 263 Å². The molecule has 4 N–H and O–H groups in total. The van der Waals surface area contributed by atoms with Crippen molar-refractivity contribution in [3.63, 3.8) is 0 Å². The molecule has 1 heterocycles. The number of carboxylic acids is 1. The number of carbonyl (C=O) groups is 2. The quantitative estimate of drug-likeness (QED) is 0.132. The van der Waals surface area contributed by atoms with Gasteiger partial charge in [0.25, 0.3) is 0 Å². The molecule has 3 aromatic carbocycles. The number of amides is 1. The number of aliphatic hydroxyl groups excluding tert-OH is 2. The van der Waals surface area contributed by atoms with E-state index in [4.69, 9.17) is 14.6 Å². The Bertz CT molecular complexity index is 1320. The number of hydrogen-bond donors (Lipinski definition) is 4. The molecule has 1 saturated heterocycles. The van der Waals surface area contributed by atoms with Crippen molar-refractivity contribution in [1.82, 2.24) is 5.32 Å². The van der Waals surface area contributed by atoms with E-state index in [0.29, 0.717) is 31.6 Å². The van der Waals surface area contributed by atoms with Crippen molar-refractivity contribution in [3.8, 4) is 11.1 Å². The second-order valence-corrected chi connectivity index (χ2v) is 12.2. The zero-order valence-corrected chi connectivity index (χ0v) is 25.8. The van der Waals surface area contributed by atoms with Crippen LogP contribution in [0.15, 0.2) is 72.8 Å². The van der Waals surface area contributed by atoms with Crippen molar-refractivity contribution in [1.29, 1.82) is 0 Å². The summed E-state index contributed by atoms with van der Waals surface area (Å²) >= 11 is 1.67. The van der Waals surface area contributed by atoms with E-state index in [1.807, 2.05) is 54.6 Å². The number of aliphatic hydroxyl groups is 2. The lowest BCUT2D eigenvalue weighted by atomic mass is 9.99. The first-order valence-corrected chi connectivity index (χ1v) is 16.5. The number of aliphatic carboxylic acids is 1. The maximum absolute atomic E-state index is 12.3. The van der Waals surface area contributed by atoms with Crippen LogP contribution < -0.4 is 5.32 Å². The fourth-order valence-electron chi connectivity index (χ4n) is 5.20. The lowest BCUT2D eigenvalue weighted by molar-refractivity contribution is -0.245. The summed E-state index contributed by atoms with van der Waals surface area (Å²) in [6, 6.07) is 24.1. The molecule has 1 amide bonds. The molecule has 0 saturated carbocycles. The fourth-order valence-corrected chi connectivity index (χ4v) is 5.97. The zero-order chi connectivity index (χ0) is 31.1. The minimum atomic E-state index is -0.775. The van der Waals surface area contributed by atoms with Crippen LogP contribution in [0.5, 0.6) is 0 Å². The van der Waals surface area contributed by atoms with Crippen LogP contribution in [-0.2, 0) is 32.2 Å². The summed E-state index contributed by atoms with van der Waals surface area (Å²) in [4.78, 5) is 22.9. The van der Waals surface area contributed by atoms with Crippen molar-refractivity contribution < 1.29 is 34.4 Å². The van der Waals surface area contributed by atoms with E-state index in [-0.39, 0.29) is 37.7 Å². The third kappa shape index (κ3) is 10.7. The first-order valence-electron chi connectivity index (χ1n) is 15.3. The summed E-state index contributed by atoms with van der Waals surface area (Å²) < 4.78 is 12.8. The molecular formula is C35H43NO7S. The van der Waals surface area contributed by atoms with Gasteiger partial charge in [0, 0.05) is 42.9 Å². The molecule has 9 heteroatoms. The number of carbonyl (C=O) groups excluding carboxylic acids is 1. The van der Waals surface area contributed by atoms with Crippen LogP contribution in [-0.4, -0.2) is 51.4 Å². The van der Waals surface area contributed by atoms with E-state index in [1.165, 1.54) is 0 Å². The molecular weight excluding hydrogens is 578 g/mol. The van der Waals surface area contributed by atoms with Crippen molar-refractivity contribution in [2.24, 2.45) is 0 Å². The second kappa shape index (κ2) is 17.9. The molecule has 0 spiro atoms. The Morgan fingerprint density at radius 1 is 0.818 bits per heavy atom. The molecule has 0 unspecified atom stereocenters. The highest BCUT2D eigenvalue weighted by atomic mass is 32.2. The first-order chi connectivity index (χ1) is 21.4. The molecule has 44 heavy (non-hydrogen) atoms. The van der Waals surface area contributed by atoms with E-state index in [9.17, 15) is 19.8 Å². The molecule has 4 rings (SSSR count). The number of rotatable bonds is 17. The first kappa shape index (κ1) is 33.7. The number of carboxylic acid groups (broad SMARTS) is 1. The summed E-state index contributed by atoms with van der Waals surface area (Å²) in [6.07, 6.45) is 3.70. The van der Waals surface area contributed by atoms with Gasteiger partial charge in [-0.25, -0.2) is 0 Å². The Morgan fingerprint density at radius 3 is 2.25 bits per heavy atom. The van der Waals surface area contributed by atoms with E-state index < -0.39 is 12.3 Å². The molecule has 1 aliphatic rings. The third-order valence-electron chi connectivity index (χ3n) is 7.63. The average molecular weight is 622 g/mol. The minimum Gasteiger partial charge on any atom is -0.481 e. The van der Waals surface area contributed by atoms with Crippen molar-refractivity contribution in [2.75, 3.05) is 18.1 Å². The molecule has 3 aromatic rings. The van der Waals surface area contributed by atoms with Crippen molar-refractivity contribution in [3.05, 3.63) is 95.1 Å². The van der Waals surface area contributed by atoms with Gasteiger partial charge in [0.15, 0.2) is 6.29 Å². The molecule has 0 aromatic heterocycles. The van der Waals surface area contributed by atoms with Crippen LogP contribution in [0.2, 0.25) is 0 Å². The largest absolute Gasteiger partial charge is 0.481 e. The zero-order valence-electron chi connectivity index (χ0n) is 25.0. The van der Waals surface area contributed by atoms with Gasteiger partial charge in [-0.15, -0.1) is 0 Å². The van der Waals surface area contributed by atoms with Crippen LogP contribution in [0, 0.1) is 0 Å². The Balaban J connectivity index is 1.34. The monoisotopic (exact) mass is 621 g/mol. The summed E-state index contributed by atoms with van der Waals surface area (Å²) in [6.45, 7) is 0.584. The predicted octanol–water partition coefficient (Wildman–Crippen LogP) is 6.16. The lowest BCUT2D eigenvalue weighted by Crippen LogP contribution is -2.31. The number of nitrogens with one attached hydrogen (secondary N) is 1. The minimum absolute atomic E-state index is 0.000672. The van der Waals surface area contributed by atoms with Gasteiger partial charge >= 0.3 is 5.97 Å². The SMILES string of the molecule is O=C(O)CCCCCCC(=O)NCc1cccc(-c2ccc([C@@H]3O[C@H](CSCCO)C[C@H](c4ccc(CO)cc4)O3)cc2)c1. The summed E-state index contributed by atoms with van der Waals surface area (Å²) in [7, 11) is 0. The topological polar surface area (TPSA) is 125 Å². The highest BCUT2D eigenvalue weighted by molar-refractivity contribution is 7.99. The summed E-state index contributed by atoms with van der Waals surface area (Å²) in [5, 5.41) is 30.3. The van der Waals surface area contributed by atoms with Crippen LogP contribution >= 0.6 is 11.8 Å². The Kier molecular flexibility index (Phi) is 13.7. The third-order valence-corrected chi connectivity index (χ3v) is 8.71. The Hall–Kier alpha value is -3.21. The lowest BCUT2D eigenvalue weighted by Gasteiger charge is -2.36. The second-order valence-electron chi connectivity index (χ2n) is 11.1. The summed E-state index contributed by atoms with van der Waals surface area (Å²) in [5.74, 6) is 0.651. The van der Waals surface area contributed by atoms with Gasteiger partial charge < -0.3 is 30.1 Å². The van der Waals surface area contributed by atoms with E-state index in [1.54, 1.807) is 11.8 Å². The van der Waals surface area contributed by atoms with Gasteiger partial charge in [0.05, 0.1) is 25.4 Å². The van der Waals surface area contributed by atoms with Gasteiger partial charge in [-0.05, 0) is 46.7 Å². The molecule has 1 fully saturated rings. The maximum atomic E-state index is 12.3. The number of thioether (sulfide) groups is 1. The van der Waals surface area contributed by atoms with E-state index in [2.05, 4.69) is 23.5 Å². The molecule has 1 aliphatic heterocycles. The summed E-state index contributed by atoms with van der Waals surface area (Å²) in [5.41, 5.74) is 5.94. The number of ether oxygens (including phenoxy) is 2. The van der Waals surface area contributed by atoms with E-state index >= 15 is 0 Å². The molecule has 3 atom stereocenters. The molecule has 0 radical (unpaired) electrons. The van der Waals surface area contributed by atoms with Crippen molar-refractivity contribution >= 4 is 23.6 Å². The van der Waals surface area contributed by atoms with Crippen LogP contribution in [0.4, 0.5) is 0 Å². The van der Waals surface area contributed by atoms with Crippen LogP contribution in [0.1, 0.15) is 79.6 Å². The van der Waals surface area contributed by atoms with E-state index in [0.717, 1.165) is 58.4 Å². The predicted molar refractivity (Wildman–Crippen MR) is 172 cm³/mol. The normalized spacial score (nSPS) is 18.2. The van der Waals surface area contributed by atoms with Gasteiger partial charge in [0.1, 0.15) is 0 Å². The number of hydrogen-bond acceptors (Lipinski definition) is 7. The molecule has 8 nitrogen and oxygen atoms in total. The standard InChI is InChI=1S/C35H43NO7S/c37-18-19-44-24-31-21-32(28-12-10-25(23-38)11-13-28)43-35(42-31)29-16-14-27(15-17-29)30-7-5-6-26(20-30)22-36-33(39)8-3-1-2-4-9-34(40)41/h5-7,10-17,20,31-32,35,37-38H,1-4,8-9,18-19,21-24H2,(H,36,39)(H,40,41)/t31-,32+,35+/m0/s1. The van der Waals surface area contributed by atoms with Gasteiger partial charge in [-0.1, -0.05) is 79.6 Å². The molecule has 0 bridgehead atoms. The van der Waals surface area contributed by atoms with Gasteiger partial charge in [0.2, 0.25) is 5.91 Å².